The number of hydrogen-bond acceptors (Lipinski definition) is 10. The third-order valence-electron chi connectivity index (χ3n) is 9.63. The number of rotatable bonds is 13. The predicted octanol–water partition coefficient (Wildman–Crippen LogP) is 5.21. The lowest BCUT2D eigenvalue weighted by Crippen LogP contribution is -2.52. The van der Waals surface area contributed by atoms with Crippen molar-refractivity contribution in [1.29, 1.82) is 0 Å². The van der Waals surface area contributed by atoms with Gasteiger partial charge in [-0.1, -0.05) is 68.8 Å². The van der Waals surface area contributed by atoms with Crippen LogP contribution in [0.15, 0.2) is 60.2 Å². The zero-order valence-corrected chi connectivity index (χ0v) is 30.9. The highest BCUT2D eigenvalue weighted by Gasteiger charge is 2.54. The molecular weight excluding hydrogens is 650 g/mol. The highest BCUT2D eigenvalue weighted by Crippen LogP contribution is 2.39. The fourth-order valence-corrected chi connectivity index (χ4v) is 6.63. The maximum Gasteiger partial charge on any atom is 0.309 e. The van der Waals surface area contributed by atoms with Crippen molar-refractivity contribution in [3.63, 3.8) is 0 Å². The number of ether oxygens (including phenoxy) is 4. The summed E-state index contributed by atoms with van der Waals surface area (Å²) in [5.41, 5.74) is -1.11. The Morgan fingerprint density at radius 3 is 2.51 bits per heavy atom. The molecule has 1 fully saturated rings. The average molecular weight is 706 g/mol. The van der Waals surface area contributed by atoms with Crippen LogP contribution in [0.1, 0.15) is 79.7 Å². The number of allylic oxidation sites excluding steroid dienone is 2. The number of cyclic esters (lactones) is 1. The molecule has 49 heavy (non-hydrogen) atoms. The van der Waals surface area contributed by atoms with Crippen LogP contribution < -0.4 is 5.32 Å². The molecule has 0 spiro atoms. The molecule has 11 atom stereocenters. The minimum atomic E-state index is -1.46. The van der Waals surface area contributed by atoms with Crippen LogP contribution in [-0.2, 0) is 35.1 Å². The van der Waals surface area contributed by atoms with E-state index in [0.29, 0.717) is 17.1 Å². The van der Waals surface area contributed by atoms with E-state index in [9.17, 15) is 24.9 Å². The molecule has 2 heterocycles. The number of aliphatic hydroxyl groups excluding tert-OH is 1. The molecule has 0 aliphatic carbocycles. The van der Waals surface area contributed by atoms with Crippen LogP contribution in [0.25, 0.3) is 0 Å². The molecule has 1 aromatic rings. The Balaban J connectivity index is 1.87. The summed E-state index contributed by atoms with van der Waals surface area (Å²) in [5, 5.41) is 37.6. The summed E-state index contributed by atoms with van der Waals surface area (Å²) in [6, 6.07) is 7.05. The van der Waals surface area contributed by atoms with E-state index in [-0.39, 0.29) is 49.4 Å². The van der Waals surface area contributed by atoms with Gasteiger partial charge in [0, 0.05) is 37.4 Å². The Bertz CT molecular complexity index is 1320. The molecule has 0 amide bonds. The van der Waals surface area contributed by atoms with Crippen molar-refractivity contribution >= 4 is 23.5 Å². The molecule has 2 aliphatic heterocycles. The summed E-state index contributed by atoms with van der Waals surface area (Å²) < 4.78 is 23.1. The molecule has 3 rings (SSSR count). The van der Waals surface area contributed by atoms with Gasteiger partial charge in [-0.05, 0) is 69.4 Å². The zero-order valence-electron chi connectivity index (χ0n) is 30.1. The van der Waals surface area contributed by atoms with Crippen molar-refractivity contribution in [1.82, 2.24) is 5.32 Å². The number of aliphatic hydroxyl groups is 3. The maximum atomic E-state index is 12.9. The lowest BCUT2D eigenvalue weighted by molar-refractivity contribution is -0.157. The number of nitrogens with one attached hydrogen (secondary N) is 1. The highest BCUT2D eigenvalue weighted by atomic mass is 35.5. The van der Waals surface area contributed by atoms with Crippen molar-refractivity contribution < 1.29 is 43.9 Å². The van der Waals surface area contributed by atoms with Crippen LogP contribution >= 0.6 is 11.6 Å². The Morgan fingerprint density at radius 2 is 1.90 bits per heavy atom. The summed E-state index contributed by atoms with van der Waals surface area (Å²) in [5.74, 6) is -1.39. The lowest BCUT2D eigenvalue weighted by atomic mass is 9.87. The van der Waals surface area contributed by atoms with E-state index in [1.54, 1.807) is 51.3 Å². The summed E-state index contributed by atoms with van der Waals surface area (Å²) in [4.78, 5) is 24.7. The largest absolute Gasteiger partial charge is 0.457 e. The highest BCUT2D eigenvalue weighted by molar-refractivity contribution is 6.30. The maximum absolute atomic E-state index is 12.9. The predicted molar refractivity (Wildman–Crippen MR) is 189 cm³/mol. The molecule has 4 N–H and O–H groups in total. The minimum absolute atomic E-state index is 0.0271. The van der Waals surface area contributed by atoms with Gasteiger partial charge < -0.3 is 39.6 Å². The summed E-state index contributed by atoms with van der Waals surface area (Å²) in [7, 11) is 1.70. The molecule has 0 bridgehead atoms. The quantitative estimate of drug-likeness (QED) is 0.0934. The van der Waals surface area contributed by atoms with Gasteiger partial charge in [0.1, 0.15) is 23.9 Å². The molecule has 1 saturated heterocycles. The van der Waals surface area contributed by atoms with Gasteiger partial charge in [0.2, 0.25) is 0 Å². The van der Waals surface area contributed by atoms with Gasteiger partial charge in [0.15, 0.2) is 0 Å². The van der Waals surface area contributed by atoms with Crippen molar-refractivity contribution in [2.24, 2.45) is 11.8 Å². The van der Waals surface area contributed by atoms with E-state index < -0.39 is 47.5 Å². The molecular formula is C38H56ClNO9. The Labute approximate surface area is 296 Å². The van der Waals surface area contributed by atoms with E-state index in [0.717, 1.165) is 12.0 Å². The number of esters is 2. The first-order valence-electron chi connectivity index (χ1n) is 17.2. The smallest absolute Gasteiger partial charge is 0.309 e. The normalized spacial score (nSPS) is 32.2. The molecule has 3 unspecified atom stereocenters. The first-order valence-corrected chi connectivity index (χ1v) is 17.6. The number of carbonyl (C=O) groups is 2. The van der Waals surface area contributed by atoms with Gasteiger partial charge >= 0.3 is 11.9 Å². The first kappa shape index (κ1) is 40.9. The van der Waals surface area contributed by atoms with E-state index >= 15 is 0 Å². The molecule has 10 nitrogen and oxygen atoms in total. The third-order valence-corrected chi connectivity index (χ3v) is 9.88. The second-order valence-electron chi connectivity index (χ2n) is 14.0. The van der Waals surface area contributed by atoms with Gasteiger partial charge in [-0.15, -0.1) is 0 Å². The number of hydrogen-bond donors (Lipinski definition) is 4. The molecule has 0 saturated carbocycles. The molecule has 0 radical (unpaired) electrons. The minimum Gasteiger partial charge on any atom is -0.457 e. The van der Waals surface area contributed by atoms with Gasteiger partial charge in [0.25, 0.3) is 0 Å². The van der Waals surface area contributed by atoms with Crippen LogP contribution in [0, 0.1) is 11.8 Å². The van der Waals surface area contributed by atoms with Crippen LogP contribution in [0.5, 0.6) is 0 Å². The third kappa shape index (κ3) is 12.0. The number of epoxide rings is 1. The Morgan fingerprint density at radius 1 is 1.22 bits per heavy atom. The van der Waals surface area contributed by atoms with Crippen molar-refractivity contribution in [3.05, 3.63) is 70.8 Å². The van der Waals surface area contributed by atoms with Crippen molar-refractivity contribution in [3.8, 4) is 0 Å². The van der Waals surface area contributed by atoms with Gasteiger partial charge in [0.05, 0.1) is 36.4 Å². The summed E-state index contributed by atoms with van der Waals surface area (Å²) in [6.07, 6.45) is 6.32. The van der Waals surface area contributed by atoms with Gasteiger partial charge in [-0.25, -0.2) is 0 Å². The van der Waals surface area contributed by atoms with Crippen molar-refractivity contribution in [2.45, 2.75) is 135 Å². The van der Waals surface area contributed by atoms with Crippen molar-refractivity contribution in [2.75, 3.05) is 7.11 Å². The summed E-state index contributed by atoms with van der Waals surface area (Å²) in [6.45, 7) is 12.9. The van der Waals surface area contributed by atoms with Crippen LogP contribution in [0.2, 0.25) is 5.02 Å². The number of carbonyl (C=O) groups excluding carboxylic acids is 2. The molecule has 0 aromatic heterocycles. The summed E-state index contributed by atoms with van der Waals surface area (Å²) >= 11 is 6.09. The fourth-order valence-electron chi connectivity index (χ4n) is 6.50. The number of halogens is 1. The fraction of sp³-hybridized carbons (Fsp3) is 0.632. The Kier molecular flexibility index (Phi) is 15.1. The van der Waals surface area contributed by atoms with Crippen LogP contribution in [0.3, 0.4) is 0 Å². The molecule has 2 aliphatic rings. The second-order valence-corrected chi connectivity index (χ2v) is 14.5. The Hall–Kier alpha value is -2.57. The van der Waals surface area contributed by atoms with E-state index in [2.05, 4.69) is 19.2 Å². The van der Waals surface area contributed by atoms with E-state index in [1.165, 1.54) is 6.92 Å². The molecule has 274 valence electrons. The van der Waals surface area contributed by atoms with E-state index in [4.69, 9.17) is 30.5 Å². The van der Waals surface area contributed by atoms with Crippen LogP contribution in [-0.4, -0.2) is 88.2 Å². The zero-order chi connectivity index (χ0) is 36.5. The number of benzene rings is 1. The van der Waals surface area contributed by atoms with Gasteiger partial charge in [-0.3, -0.25) is 9.59 Å². The van der Waals surface area contributed by atoms with E-state index in [1.807, 2.05) is 38.1 Å². The average Bonchev–Trinajstić information content (AvgIpc) is 3.81. The molecule has 11 heteroatoms. The SMILES string of the molecule is CC[C@H](OC)[C@@H](C)[C@H]1O[C@@H]1C(NCc1ccc(Cl)cc1)C(C)(O)/C=C/C=C(\C)C1OC(=O)C[C@H](O)CC[C@@](C)(O)[C@@H](OC(C)=O)/C=C/[C@@H]1C. The first-order chi connectivity index (χ1) is 23.0. The topological polar surface area (TPSA) is 147 Å². The second kappa shape index (κ2) is 18.1. The van der Waals surface area contributed by atoms with Gasteiger partial charge in [-0.2, -0.15) is 0 Å². The standard InChI is InChI=1S/C38H56ClNO9/c1-9-30(46-8)25(4)34-35(49-34)36(40-22-27-13-15-28(39)16-14-27)38(7,45)19-10-11-23(2)33-24(3)12-17-31(47-26(5)41)37(6,44)20-18-29(42)21-32(43)48-33/h10-17,19,24-25,29-31,33-36,40,42,44-45H,9,18,20-22H2,1-8H3/b17-12+,19-10+,23-11+/t24-,25+,29+,30-,31-,33?,34+,35-,36?,37+,38?/m0/s1. The molecule has 1 aromatic carbocycles. The van der Waals surface area contributed by atoms with Crippen LogP contribution in [0.4, 0.5) is 0 Å². The monoisotopic (exact) mass is 705 g/mol. The number of methoxy groups -OCH3 is 1. The lowest BCUT2D eigenvalue weighted by Gasteiger charge is -2.32.